The third kappa shape index (κ3) is 6.03. The van der Waals surface area contributed by atoms with E-state index in [0.29, 0.717) is 6.42 Å². The molecule has 100 valence electrons. The molecule has 0 N–H and O–H groups in total. The van der Waals surface area contributed by atoms with E-state index in [-0.39, 0.29) is 11.8 Å². The van der Waals surface area contributed by atoms with Crippen molar-refractivity contribution in [3.63, 3.8) is 0 Å². The Labute approximate surface area is 109 Å². The summed E-state index contributed by atoms with van der Waals surface area (Å²) >= 11 is 0. The highest BCUT2D eigenvalue weighted by Crippen LogP contribution is 2.00. The van der Waals surface area contributed by atoms with Gasteiger partial charge < -0.3 is 9.80 Å². The molecule has 0 saturated heterocycles. The number of nitrogens with zero attached hydrogens (tertiary/aromatic N) is 2. The Morgan fingerprint density at radius 3 is 1.72 bits per heavy atom. The van der Waals surface area contributed by atoms with Crippen molar-refractivity contribution in [3.8, 4) is 0 Å². The van der Waals surface area contributed by atoms with Crippen LogP contribution in [0.5, 0.6) is 0 Å². The van der Waals surface area contributed by atoms with Gasteiger partial charge in [0, 0.05) is 40.2 Å². The monoisotopic (exact) mass is 250 g/mol. The first-order valence-electron chi connectivity index (χ1n) is 5.87. The molecule has 0 aliphatic carbocycles. The lowest BCUT2D eigenvalue weighted by Crippen LogP contribution is -2.21. The van der Waals surface area contributed by atoms with Gasteiger partial charge in [0.2, 0.25) is 5.91 Å². The fraction of sp³-hybridized carbons (Fsp3) is 0.429. The second-order valence-electron chi connectivity index (χ2n) is 4.21. The fourth-order valence-corrected chi connectivity index (χ4v) is 1.16. The Hall–Kier alpha value is -1.84. The molecule has 1 rings (SSSR count). The van der Waals surface area contributed by atoms with Crippen molar-refractivity contribution in [2.45, 2.75) is 13.3 Å². The van der Waals surface area contributed by atoms with E-state index in [1.807, 2.05) is 37.3 Å². The molecular weight excluding hydrogens is 228 g/mol. The summed E-state index contributed by atoms with van der Waals surface area (Å²) in [5.41, 5.74) is 0.734. The molecule has 0 fully saturated rings. The molecule has 0 aliphatic heterocycles. The number of amides is 2. The van der Waals surface area contributed by atoms with E-state index in [9.17, 15) is 9.59 Å². The van der Waals surface area contributed by atoms with Crippen LogP contribution in [-0.4, -0.2) is 49.8 Å². The minimum atomic E-state index is 0.0469. The fourth-order valence-electron chi connectivity index (χ4n) is 1.16. The summed E-state index contributed by atoms with van der Waals surface area (Å²) in [5, 5.41) is 0. The van der Waals surface area contributed by atoms with Gasteiger partial charge in [-0.15, -0.1) is 0 Å². The second-order valence-corrected chi connectivity index (χ2v) is 4.21. The summed E-state index contributed by atoms with van der Waals surface area (Å²) in [7, 11) is 7.00. The average Bonchev–Trinajstić information content (AvgIpc) is 2.38. The quantitative estimate of drug-likeness (QED) is 0.804. The van der Waals surface area contributed by atoms with Crippen molar-refractivity contribution < 1.29 is 9.59 Å². The molecule has 18 heavy (non-hydrogen) atoms. The zero-order valence-corrected chi connectivity index (χ0v) is 11.8. The zero-order valence-electron chi connectivity index (χ0n) is 11.8. The molecule has 0 aliphatic rings. The molecule has 1 aromatic rings. The topological polar surface area (TPSA) is 40.6 Å². The molecule has 4 heteroatoms. The smallest absolute Gasteiger partial charge is 0.253 e. The Balaban J connectivity index is 0.000000360. The molecule has 0 bridgehead atoms. The molecule has 0 atom stereocenters. The lowest BCUT2D eigenvalue weighted by molar-refractivity contribution is -0.128. The molecular formula is C14H22N2O2. The standard InChI is InChI=1S/C9H11NO.C5H11NO/c1-10(2)9(11)8-6-4-3-5-7-8;1-4-5(7)6(2)3/h3-7H,1-2H3;4H2,1-3H3. The number of hydrogen-bond acceptors (Lipinski definition) is 2. The van der Waals surface area contributed by atoms with Gasteiger partial charge in [-0.1, -0.05) is 25.1 Å². The van der Waals surface area contributed by atoms with Gasteiger partial charge in [0.15, 0.2) is 0 Å². The van der Waals surface area contributed by atoms with E-state index in [4.69, 9.17) is 0 Å². The summed E-state index contributed by atoms with van der Waals surface area (Å²) in [4.78, 5) is 24.9. The van der Waals surface area contributed by atoms with E-state index in [1.165, 1.54) is 0 Å². The molecule has 4 nitrogen and oxygen atoms in total. The van der Waals surface area contributed by atoms with Crippen LogP contribution >= 0.6 is 0 Å². The van der Waals surface area contributed by atoms with Crippen LogP contribution in [0, 0.1) is 0 Å². The average molecular weight is 250 g/mol. The second kappa shape index (κ2) is 8.28. The van der Waals surface area contributed by atoms with Crippen molar-refractivity contribution in [2.24, 2.45) is 0 Å². The van der Waals surface area contributed by atoms with Gasteiger partial charge in [-0.3, -0.25) is 9.59 Å². The van der Waals surface area contributed by atoms with Crippen LogP contribution in [0.1, 0.15) is 23.7 Å². The van der Waals surface area contributed by atoms with Crippen LogP contribution in [-0.2, 0) is 4.79 Å². The normalized spacial score (nSPS) is 8.94. The molecule has 0 unspecified atom stereocenters. The maximum atomic E-state index is 11.3. The third-order valence-corrected chi connectivity index (χ3v) is 2.23. The first-order chi connectivity index (χ1) is 8.40. The van der Waals surface area contributed by atoms with Crippen molar-refractivity contribution >= 4 is 11.8 Å². The Bertz CT molecular complexity index is 373. The molecule has 0 radical (unpaired) electrons. The van der Waals surface area contributed by atoms with Gasteiger partial charge in [-0.25, -0.2) is 0 Å². The summed E-state index contributed by atoms with van der Waals surface area (Å²) in [6, 6.07) is 9.23. The Kier molecular flexibility index (Phi) is 7.43. The van der Waals surface area contributed by atoms with Crippen molar-refractivity contribution in [1.29, 1.82) is 0 Å². The third-order valence-electron chi connectivity index (χ3n) is 2.23. The van der Waals surface area contributed by atoms with Gasteiger partial charge in [0.25, 0.3) is 5.91 Å². The zero-order chi connectivity index (χ0) is 14.1. The van der Waals surface area contributed by atoms with Crippen molar-refractivity contribution in [3.05, 3.63) is 35.9 Å². The van der Waals surface area contributed by atoms with Gasteiger partial charge in [0.05, 0.1) is 0 Å². The number of hydrogen-bond donors (Lipinski definition) is 0. The molecule has 0 saturated carbocycles. The highest BCUT2D eigenvalue weighted by Gasteiger charge is 2.04. The molecule has 0 spiro atoms. The van der Waals surface area contributed by atoms with Crippen LogP contribution < -0.4 is 0 Å². The van der Waals surface area contributed by atoms with Gasteiger partial charge in [-0.2, -0.15) is 0 Å². The van der Waals surface area contributed by atoms with Crippen LogP contribution in [0.4, 0.5) is 0 Å². The number of carbonyl (C=O) groups excluding carboxylic acids is 2. The van der Waals surface area contributed by atoms with Crippen molar-refractivity contribution in [1.82, 2.24) is 9.80 Å². The van der Waals surface area contributed by atoms with Crippen LogP contribution in [0.25, 0.3) is 0 Å². The van der Waals surface area contributed by atoms with E-state index in [1.54, 1.807) is 38.0 Å². The van der Waals surface area contributed by atoms with Crippen LogP contribution in [0.2, 0.25) is 0 Å². The Morgan fingerprint density at radius 1 is 0.944 bits per heavy atom. The predicted molar refractivity (Wildman–Crippen MR) is 73.4 cm³/mol. The predicted octanol–water partition coefficient (Wildman–Crippen LogP) is 1.87. The highest BCUT2D eigenvalue weighted by atomic mass is 16.2. The first kappa shape index (κ1) is 16.2. The molecule has 0 heterocycles. The number of carbonyl (C=O) groups is 2. The SMILES string of the molecule is CCC(=O)N(C)C.CN(C)C(=O)c1ccccc1. The minimum absolute atomic E-state index is 0.0469. The van der Waals surface area contributed by atoms with Crippen LogP contribution in [0.15, 0.2) is 30.3 Å². The summed E-state index contributed by atoms with van der Waals surface area (Å²) in [6.07, 6.45) is 0.604. The van der Waals surface area contributed by atoms with Crippen LogP contribution in [0.3, 0.4) is 0 Å². The first-order valence-corrected chi connectivity index (χ1v) is 5.87. The maximum Gasteiger partial charge on any atom is 0.253 e. The Morgan fingerprint density at radius 2 is 1.44 bits per heavy atom. The molecule has 0 aromatic heterocycles. The molecule has 2 amide bonds. The van der Waals surface area contributed by atoms with Gasteiger partial charge in [-0.05, 0) is 12.1 Å². The summed E-state index contributed by atoms with van der Waals surface area (Å²) < 4.78 is 0. The summed E-state index contributed by atoms with van der Waals surface area (Å²) in [5.74, 6) is 0.227. The van der Waals surface area contributed by atoms with Gasteiger partial charge in [0.1, 0.15) is 0 Å². The van der Waals surface area contributed by atoms with E-state index < -0.39 is 0 Å². The molecule has 1 aromatic carbocycles. The lowest BCUT2D eigenvalue weighted by atomic mass is 10.2. The lowest BCUT2D eigenvalue weighted by Gasteiger charge is -2.08. The van der Waals surface area contributed by atoms with Gasteiger partial charge >= 0.3 is 0 Å². The van der Waals surface area contributed by atoms with E-state index in [0.717, 1.165) is 5.56 Å². The van der Waals surface area contributed by atoms with E-state index in [2.05, 4.69) is 0 Å². The van der Waals surface area contributed by atoms with Crippen molar-refractivity contribution in [2.75, 3.05) is 28.2 Å². The number of benzene rings is 1. The maximum absolute atomic E-state index is 11.3. The highest BCUT2D eigenvalue weighted by molar-refractivity contribution is 5.93. The van der Waals surface area contributed by atoms with E-state index >= 15 is 0 Å². The number of rotatable bonds is 2. The minimum Gasteiger partial charge on any atom is -0.349 e. The largest absolute Gasteiger partial charge is 0.349 e. The summed E-state index contributed by atoms with van der Waals surface area (Å²) in [6.45, 7) is 1.85.